The van der Waals surface area contributed by atoms with Crippen LogP contribution in [0.15, 0.2) is 40.3 Å². The molecule has 1 aromatic carbocycles. The number of carbonyl (C=O) groups is 1. The van der Waals surface area contributed by atoms with E-state index in [1.807, 2.05) is 32.0 Å². The lowest BCUT2D eigenvalue weighted by atomic mass is 10.0. The van der Waals surface area contributed by atoms with Crippen molar-refractivity contribution in [2.75, 3.05) is 5.75 Å². The Hall–Kier alpha value is -1.55. The summed E-state index contributed by atoms with van der Waals surface area (Å²) in [4.78, 5) is 15.9. The Morgan fingerprint density at radius 1 is 1.35 bits per heavy atom. The maximum absolute atomic E-state index is 11.9. The van der Waals surface area contributed by atoms with Gasteiger partial charge in [-0.3, -0.25) is 4.79 Å². The van der Waals surface area contributed by atoms with Crippen LogP contribution in [0.4, 0.5) is 0 Å². The summed E-state index contributed by atoms with van der Waals surface area (Å²) in [6.07, 6.45) is 3.08. The number of hydrogen-bond acceptors (Lipinski definition) is 4. The number of thioether (sulfide) groups is 1. The summed E-state index contributed by atoms with van der Waals surface area (Å²) in [5.74, 6) is 0.444. The summed E-state index contributed by atoms with van der Waals surface area (Å²) >= 11 is 1.31. The van der Waals surface area contributed by atoms with Crippen LogP contribution in [0.3, 0.4) is 0 Å². The van der Waals surface area contributed by atoms with E-state index in [4.69, 9.17) is 4.42 Å². The molecule has 0 radical (unpaired) electrons. The Kier molecular flexibility index (Phi) is 3.64. The van der Waals surface area contributed by atoms with Gasteiger partial charge in [-0.1, -0.05) is 23.9 Å². The molecule has 0 bridgehead atoms. The third-order valence-corrected chi connectivity index (χ3v) is 3.42. The average molecular weight is 247 g/mol. The molecule has 0 unspecified atom stereocenters. The van der Waals surface area contributed by atoms with Crippen LogP contribution in [0.5, 0.6) is 0 Å². The third-order valence-electron chi connectivity index (χ3n) is 2.57. The Balaban J connectivity index is 2.02. The number of benzene rings is 1. The Morgan fingerprint density at radius 3 is 2.82 bits per heavy atom. The second-order valence-corrected chi connectivity index (χ2v) is 4.74. The van der Waals surface area contributed by atoms with E-state index in [1.54, 1.807) is 6.20 Å². The van der Waals surface area contributed by atoms with Gasteiger partial charge in [0, 0.05) is 5.56 Å². The molecule has 0 aliphatic heterocycles. The third kappa shape index (κ3) is 2.97. The zero-order chi connectivity index (χ0) is 12.3. The summed E-state index contributed by atoms with van der Waals surface area (Å²) < 4.78 is 5.06. The molecule has 0 aliphatic carbocycles. The lowest BCUT2D eigenvalue weighted by Gasteiger charge is -2.03. The Morgan fingerprint density at radius 2 is 2.18 bits per heavy atom. The van der Waals surface area contributed by atoms with E-state index in [9.17, 15) is 4.79 Å². The highest BCUT2D eigenvalue weighted by Gasteiger charge is 2.09. The summed E-state index contributed by atoms with van der Waals surface area (Å²) in [7, 11) is 0. The lowest BCUT2D eigenvalue weighted by Crippen LogP contribution is -2.03. The van der Waals surface area contributed by atoms with Gasteiger partial charge in [-0.05, 0) is 31.0 Å². The van der Waals surface area contributed by atoms with E-state index in [-0.39, 0.29) is 5.78 Å². The van der Waals surface area contributed by atoms with Crippen LogP contribution in [0.2, 0.25) is 0 Å². The number of oxazole rings is 1. The highest BCUT2D eigenvalue weighted by Crippen LogP contribution is 2.18. The molecule has 0 amide bonds. The zero-order valence-electron chi connectivity index (χ0n) is 9.77. The minimum Gasteiger partial charge on any atom is -0.440 e. The highest BCUT2D eigenvalue weighted by atomic mass is 32.2. The number of Topliss-reactive ketones (excluding diaryl/α,β-unsaturated/α-hetero) is 1. The fourth-order valence-corrected chi connectivity index (χ4v) is 2.09. The molecule has 0 fully saturated rings. The fourth-order valence-electron chi connectivity index (χ4n) is 1.41. The molecule has 0 N–H and O–H groups in total. The van der Waals surface area contributed by atoms with Crippen molar-refractivity contribution in [2.45, 2.75) is 19.1 Å². The summed E-state index contributed by atoms with van der Waals surface area (Å²) in [6, 6.07) is 5.76. The van der Waals surface area contributed by atoms with Crippen molar-refractivity contribution in [1.82, 2.24) is 4.98 Å². The van der Waals surface area contributed by atoms with Crippen molar-refractivity contribution in [1.29, 1.82) is 0 Å². The van der Waals surface area contributed by atoms with Crippen LogP contribution in [0.25, 0.3) is 0 Å². The van der Waals surface area contributed by atoms with E-state index in [2.05, 4.69) is 4.98 Å². The van der Waals surface area contributed by atoms with E-state index in [1.165, 1.54) is 23.6 Å². The highest BCUT2D eigenvalue weighted by molar-refractivity contribution is 7.99. The summed E-state index contributed by atoms with van der Waals surface area (Å²) in [5, 5.41) is 0.530. The molecule has 17 heavy (non-hydrogen) atoms. The van der Waals surface area contributed by atoms with Crippen LogP contribution < -0.4 is 0 Å². The quantitative estimate of drug-likeness (QED) is 0.614. The average Bonchev–Trinajstić information content (AvgIpc) is 2.82. The summed E-state index contributed by atoms with van der Waals surface area (Å²) in [5.41, 5.74) is 3.08. The van der Waals surface area contributed by atoms with Gasteiger partial charge in [0.05, 0.1) is 11.9 Å². The van der Waals surface area contributed by atoms with Gasteiger partial charge < -0.3 is 4.42 Å². The van der Waals surface area contributed by atoms with Crippen LogP contribution in [-0.4, -0.2) is 16.5 Å². The molecule has 88 valence electrons. The van der Waals surface area contributed by atoms with Crippen molar-refractivity contribution in [2.24, 2.45) is 0 Å². The largest absolute Gasteiger partial charge is 0.440 e. The maximum atomic E-state index is 11.9. The molecule has 2 aromatic rings. The van der Waals surface area contributed by atoms with Gasteiger partial charge in [0.2, 0.25) is 0 Å². The first-order valence-corrected chi connectivity index (χ1v) is 6.28. The second-order valence-electron chi connectivity index (χ2n) is 3.81. The summed E-state index contributed by atoms with van der Waals surface area (Å²) in [6.45, 7) is 4.04. The molecule has 0 spiro atoms. The van der Waals surface area contributed by atoms with Crippen LogP contribution in [0.1, 0.15) is 21.5 Å². The lowest BCUT2D eigenvalue weighted by molar-refractivity contribution is 0.102. The molecule has 1 aromatic heterocycles. The van der Waals surface area contributed by atoms with Gasteiger partial charge in [0.25, 0.3) is 5.22 Å². The SMILES string of the molecule is Cc1ccc(C(=O)CSc2ncco2)cc1C. The van der Waals surface area contributed by atoms with Gasteiger partial charge in [-0.25, -0.2) is 4.98 Å². The number of carbonyl (C=O) groups excluding carboxylic acids is 1. The number of hydrogen-bond donors (Lipinski definition) is 0. The molecular formula is C13H13NO2S. The van der Waals surface area contributed by atoms with E-state index in [0.29, 0.717) is 11.0 Å². The van der Waals surface area contributed by atoms with Gasteiger partial charge in [0.1, 0.15) is 6.26 Å². The van der Waals surface area contributed by atoms with Crippen molar-refractivity contribution in [3.63, 3.8) is 0 Å². The molecular weight excluding hydrogens is 234 g/mol. The first kappa shape index (κ1) is 11.9. The first-order valence-electron chi connectivity index (χ1n) is 5.29. The minimum absolute atomic E-state index is 0.0938. The van der Waals surface area contributed by atoms with Gasteiger partial charge in [-0.2, -0.15) is 0 Å². The van der Waals surface area contributed by atoms with Crippen molar-refractivity contribution in [3.05, 3.63) is 47.3 Å². The fraction of sp³-hybridized carbons (Fsp3) is 0.231. The molecule has 1 heterocycles. The van der Waals surface area contributed by atoms with Crippen molar-refractivity contribution >= 4 is 17.5 Å². The Labute approximate surface area is 104 Å². The van der Waals surface area contributed by atoms with Crippen LogP contribution >= 0.6 is 11.8 Å². The molecule has 0 saturated carbocycles. The number of ketones is 1. The van der Waals surface area contributed by atoms with Gasteiger partial charge in [-0.15, -0.1) is 0 Å². The number of aryl methyl sites for hydroxylation is 2. The van der Waals surface area contributed by atoms with Crippen molar-refractivity contribution < 1.29 is 9.21 Å². The van der Waals surface area contributed by atoms with E-state index in [0.717, 1.165) is 11.1 Å². The molecule has 3 nitrogen and oxygen atoms in total. The van der Waals surface area contributed by atoms with Crippen LogP contribution in [-0.2, 0) is 0 Å². The number of nitrogens with zero attached hydrogens (tertiary/aromatic N) is 1. The molecule has 0 aliphatic rings. The molecule has 4 heteroatoms. The predicted octanol–water partition coefficient (Wildman–Crippen LogP) is 3.27. The monoisotopic (exact) mass is 247 g/mol. The predicted molar refractivity (Wildman–Crippen MR) is 67.5 cm³/mol. The Bertz CT molecular complexity index is 520. The molecule has 0 atom stereocenters. The maximum Gasteiger partial charge on any atom is 0.255 e. The number of aromatic nitrogens is 1. The number of rotatable bonds is 4. The standard InChI is InChI=1S/C13H13NO2S/c1-9-3-4-11(7-10(9)2)12(15)8-17-13-14-5-6-16-13/h3-7H,8H2,1-2H3. The van der Waals surface area contributed by atoms with Gasteiger partial charge >= 0.3 is 0 Å². The smallest absolute Gasteiger partial charge is 0.255 e. The second kappa shape index (κ2) is 5.19. The first-order chi connectivity index (χ1) is 8.16. The van der Waals surface area contributed by atoms with Crippen LogP contribution in [0, 0.1) is 13.8 Å². The topological polar surface area (TPSA) is 43.1 Å². The van der Waals surface area contributed by atoms with Crippen molar-refractivity contribution in [3.8, 4) is 0 Å². The normalized spacial score (nSPS) is 10.5. The van der Waals surface area contributed by atoms with E-state index >= 15 is 0 Å². The van der Waals surface area contributed by atoms with Gasteiger partial charge in [0.15, 0.2) is 5.78 Å². The van der Waals surface area contributed by atoms with E-state index < -0.39 is 0 Å². The molecule has 2 rings (SSSR count). The zero-order valence-corrected chi connectivity index (χ0v) is 10.6. The minimum atomic E-state index is 0.0938. The molecule has 0 saturated heterocycles.